The molecule has 0 bridgehead atoms. The number of alkyl halides is 1. The Morgan fingerprint density at radius 1 is 1.12 bits per heavy atom. The second-order valence-electron chi connectivity index (χ2n) is 7.05. The summed E-state index contributed by atoms with van der Waals surface area (Å²) in [6, 6.07) is 12.8. The lowest BCUT2D eigenvalue weighted by Crippen LogP contribution is -2.33. The summed E-state index contributed by atoms with van der Waals surface area (Å²) in [5.41, 5.74) is 5.58. The average Bonchev–Trinajstić information content (AvgIpc) is 3.06. The fourth-order valence-corrected chi connectivity index (χ4v) is 3.67. The zero-order valence-corrected chi connectivity index (χ0v) is 14.7. The largest absolute Gasteiger partial charge is 0.371 e. The van der Waals surface area contributed by atoms with Gasteiger partial charge in [-0.3, -0.25) is 4.39 Å². The number of halogens is 1. The number of fused-ring (bicyclic) bond motifs is 1. The summed E-state index contributed by atoms with van der Waals surface area (Å²) in [5.74, 6) is 0.546. The molecule has 3 heterocycles. The molecule has 0 radical (unpaired) electrons. The molecule has 1 aliphatic heterocycles. The van der Waals surface area contributed by atoms with E-state index in [1.807, 2.05) is 0 Å². The average molecular weight is 337 g/mol. The second kappa shape index (κ2) is 6.87. The summed E-state index contributed by atoms with van der Waals surface area (Å²) in [6.45, 7) is 3.92. The first kappa shape index (κ1) is 16.1. The lowest BCUT2D eigenvalue weighted by molar-refractivity contribution is 0.332. The molecule has 0 aliphatic carbocycles. The number of imidazole rings is 1. The first-order valence-corrected chi connectivity index (χ1v) is 9.09. The monoisotopic (exact) mass is 337 g/mol. The number of aryl methyl sites for hydroxylation is 1. The van der Waals surface area contributed by atoms with E-state index in [1.165, 1.54) is 11.3 Å². The Balaban J connectivity index is 1.55. The molecule has 1 fully saturated rings. The number of benzene rings is 1. The van der Waals surface area contributed by atoms with Crippen LogP contribution in [0.15, 0.2) is 48.8 Å². The summed E-state index contributed by atoms with van der Waals surface area (Å²) in [5, 5.41) is 0. The summed E-state index contributed by atoms with van der Waals surface area (Å²) in [7, 11) is 0. The molecule has 4 rings (SSSR count). The number of nitrogens with zero attached hydrogens (tertiary/aromatic N) is 3. The maximum absolute atomic E-state index is 12.5. The molecule has 0 amide bonds. The molecule has 0 unspecified atom stereocenters. The van der Waals surface area contributed by atoms with Gasteiger partial charge in [0.05, 0.1) is 12.4 Å². The van der Waals surface area contributed by atoms with Crippen molar-refractivity contribution in [2.75, 3.05) is 24.7 Å². The van der Waals surface area contributed by atoms with Crippen LogP contribution in [0.2, 0.25) is 0 Å². The van der Waals surface area contributed by atoms with Gasteiger partial charge in [0, 0.05) is 42.8 Å². The maximum Gasteiger partial charge on any atom is 0.139 e. The third-order valence-corrected chi connectivity index (χ3v) is 5.29. The summed E-state index contributed by atoms with van der Waals surface area (Å²) in [4.78, 5) is 7.20. The van der Waals surface area contributed by atoms with E-state index in [2.05, 4.69) is 65.0 Å². The van der Waals surface area contributed by atoms with E-state index in [0.29, 0.717) is 12.3 Å². The van der Waals surface area contributed by atoms with E-state index in [1.54, 1.807) is 0 Å². The van der Waals surface area contributed by atoms with Crippen LogP contribution in [0.4, 0.5) is 10.1 Å². The first-order valence-electron chi connectivity index (χ1n) is 9.09. The molecule has 1 aliphatic rings. The van der Waals surface area contributed by atoms with E-state index >= 15 is 0 Å². The van der Waals surface area contributed by atoms with Gasteiger partial charge in [0.1, 0.15) is 5.65 Å². The van der Waals surface area contributed by atoms with E-state index < -0.39 is 0 Å². The standard InChI is InChI=1S/C21H24FN3/c1-16-2-4-18(5-3-16)20-15-25-13-9-19(14-21(25)23-20)24-11-7-17(6-10-22)8-12-24/h2-5,9,13-15,17H,6-8,10-12H2,1H3. The number of hydrogen-bond donors (Lipinski definition) is 0. The van der Waals surface area contributed by atoms with Crippen molar-refractivity contribution in [2.45, 2.75) is 26.2 Å². The van der Waals surface area contributed by atoms with Crippen molar-refractivity contribution in [1.82, 2.24) is 9.38 Å². The highest BCUT2D eigenvalue weighted by atomic mass is 19.1. The molecule has 0 atom stereocenters. The number of pyridine rings is 1. The van der Waals surface area contributed by atoms with Crippen LogP contribution in [0.3, 0.4) is 0 Å². The SMILES string of the molecule is Cc1ccc(-c2cn3ccc(N4CCC(CCF)CC4)cc3n2)cc1. The lowest BCUT2D eigenvalue weighted by Gasteiger charge is -2.33. The van der Waals surface area contributed by atoms with E-state index in [-0.39, 0.29) is 6.67 Å². The molecule has 4 heteroatoms. The van der Waals surface area contributed by atoms with Crippen molar-refractivity contribution in [2.24, 2.45) is 5.92 Å². The predicted molar refractivity (Wildman–Crippen MR) is 101 cm³/mol. The van der Waals surface area contributed by atoms with Crippen LogP contribution in [0, 0.1) is 12.8 Å². The molecule has 3 nitrogen and oxygen atoms in total. The fourth-order valence-electron chi connectivity index (χ4n) is 3.67. The molecule has 25 heavy (non-hydrogen) atoms. The van der Waals surface area contributed by atoms with Gasteiger partial charge in [-0.2, -0.15) is 0 Å². The van der Waals surface area contributed by atoms with Crippen LogP contribution < -0.4 is 4.90 Å². The molecule has 0 N–H and O–H groups in total. The van der Waals surface area contributed by atoms with Gasteiger partial charge < -0.3 is 9.30 Å². The minimum atomic E-state index is -0.188. The molecule has 0 saturated carbocycles. The van der Waals surface area contributed by atoms with Gasteiger partial charge in [-0.15, -0.1) is 0 Å². The number of hydrogen-bond acceptors (Lipinski definition) is 2. The van der Waals surface area contributed by atoms with Crippen LogP contribution in [-0.4, -0.2) is 29.1 Å². The molecule has 3 aromatic rings. The van der Waals surface area contributed by atoms with Crippen LogP contribution >= 0.6 is 0 Å². The highest BCUT2D eigenvalue weighted by Crippen LogP contribution is 2.27. The van der Waals surface area contributed by atoms with E-state index in [4.69, 9.17) is 4.98 Å². The topological polar surface area (TPSA) is 20.5 Å². The molecular formula is C21H24FN3. The molecule has 1 saturated heterocycles. The molecule has 1 aromatic carbocycles. The van der Waals surface area contributed by atoms with Gasteiger partial charge in [0.25, 0.3) is 0 Å². The van der Waals surface area contributed by atoms with Crippen LogP contribution in [0.1, 0.15) is 24.8 Å². The van der Waals surface area contributed by atoms with Gasteiger partial charge in [-0.05, 0) is 38.2 Å². The maximum atomic E-state index is 12.5. The zero-order chi connectivity index (χ0) is 17.2. The Labute approximate surface area is 148 Å². The van der Waals surface area contributed by atoms with Crippen molar-refractivity contribution >= 4 is 11.3 Å². The smallest absolute Gasteiger partial charge is 0.139 e. The Morgan fingerprint density at radius 3 is 2.60 bits per heavy atom. The van der Waals surface area contributed by atoms with Crippen molar-refractivity contribution < 1.29 is 4.39 Å². The van der Waals surface area contributed by atoms with Crippen LogP contribution in [0.5, 0.6) is 0 Å². The minimum absolute atomic E-state index is 0.188. The normalized spacial score (nSPS) is 15.8. The second-order valence-corrected chi connectivity index (χ2v) is 7.05. The Bertz CT molecular complexity index is 845. The van der Waals surface area contributed by atoms with Gasteiger partial charge in [-0.25, -0.2) is 4.98 Å². The summed E-state index contributed by atoms with van der Waals surface area (Å²) < 4.78 is 14.6. The summed E-state index contributed by atoms with van der Waals surface area (Å²) in [6.07, 6.45) is 7.05. The van der Waals surface area contributed by atoms with E-state index in [9.17, 15) is 4.39 Å². The zero-order valence-electron chi connectivity index (χ0n) is 14.7. The van der Waals surface area contributed by atoms with E-state index in [0.717, 1.165) is 42.8 Å². The number of aromatic nitrogens is 2. The first-order chi connectivity index (χ1) is 12.2. The molecular weight excluding hydrogens is 313 g/mol. The van der Waals surface area contributed by atoms with Crippen LogP contribution in [0.25, 0.3) is 16.9 Å². The Hall–Kier alpha value is -2.36. The Morgan fingerprint density at radius 2 is 1.88 bits per heavy atom. The van der Waals surface area contributed by atoms with Crippen molar-refractivity contribution in [3.63, 3.8) is 0 Å². The molecule has 2 aromatic heterocycles. The number of piperidine rings is 1. The highest BCUT2D eigenvalue weighted by Gasteiger charge is 2.19. The van der Waals surface area contributed by atoms with Crippen molar-refractivity contribution in [3.8, 4) is 11.3 Å². The van der Waals surface area contributed by atoms with Crippen LogP contribution in [-0.2, 0) is 0 Å². The van der Waals surface area contributed by atoms with Crippen molar-refractivity contribution in [1.29, 1.82) is 0 Å². The number of anilines is 1. The van der Waals surface area contributed by atoms with Gasteiger partial charge in [0.2, 0.25) is 0 Å². The minimum Gasteiger partial charge on any atom is -0.371 e. The molecule has 0 spiro atoms. The van der Waals surface area contributed by atoms with Gasteiger partial charge in [-0.1, -0.05) is 29.8 Å². The quantitative estimate of drug-likeness (QED) is 0.676. The fraction of sp³-hybridized carbons (Fsp3) is 0.381. The predicted octanol–water partition coefficient (Wildman–Crippen LogP) is 4.89. The summed E-state index contributed by atoms with van der Waals surface area (Å²) >= 11 is 0. The lowest BCUT2D eigenvalue weighted by atomic mass is 9.94. The van der Waals surface area contributed by atoms with Crippen molar-refractivity contribution in [3.05, 3.63) is 54.4 Å². The Kier molecular flexibility index (Phi) is 4.43. The highest BCUT2D eigenvalue weighted by molar-refractivity contribution is 5.65. The number of rotatable bonds is 4. The molecule has 130 valence electrons. The third-order valence-electron chi connectivity index (χ3n) is 5.29. The van der Waals surface area contributed by atoms with Gasteiger partial charge >= 0.3 is 0 Å². The third kappa shape index (κ3) is 3.39. The van der Waals surface area contributed by atoms with Gasteiger partial charge in [0.15, 0.2) is 0 Å².